The van der Waals surface area contributed by atoms with Gasteiger partial charge in [-0.2, -0.15) is 13.2 Å². The summed E-state index contributed by atoms with van der Waals surface area (Å²) in [6, 6.07) is 4.77. The predicted molar refractivity (Wildman–Crippen MR) is 146 cm³/mol. The normalized spacial score (nSPS) is 26.9. The number of aromatic nitrogens is 3. The summed E-state index contributed by atoms with van der Waals surface area (Å²) < 4.78 is 90.4. The van der Waals surface area contributed by atoms with Gasteiger partial charge < -0.3 is 30.1 Å². The molecule has 0 bridgehead atoms. The van der Waals surface area contributed by atoms with Crippen molar-refractivity contribution in [3.8, 4) is 11.3 Å². The second-order valence-electron chi connectivity index (χ2n) is 11.0. The lowest BCUT2D eigenvalue weighted by Gasteiger charge is -2.47. The van der Waals surface area contributed by atoms with E-state index in [2.05, 4.69) is 10.3 Å². The number of ether oxygens (including phenoxy) is 1. The third kappa shape index (κ3) is 6.34. The molecule has 4 N–H and O–H groups in total. The molecule has 240 valence electrons. The van der Waals surface area contributed by atoms with Gasteiger partial charge in [0.25, 0.3) is 0 Å². The SMILES string of the molecule is CN1CCC(O)([C@H](S[C@@H]2O[C@H](CO)[C@H](O)[C@H](n3cc(-c4cc(F)c(F)c(F)c4)nn3)[C@H]2O)c2ccccc2C(F)(F)F)CC1. The van der Waals surface area contributed by atoms with E-state index in [1.54, 1.807) is 0 Å². The van der Waals surface area contributed by atoms with Gasteiger partial charge in [-0.15, -0.1) is 16.9 Å². The molecule has 0 saturated carbocycles. The molecule has 2 aliphatic heterocycles. The minimum Gasteiger partial charge on any atom is -0.394 e. The molecule has 0 amide bonds. The minimum atomic E-state index is -4.76. The number of piperidine rings is 1. The zero-order valence-electron chi connectivity index (χ0n) is 23.2. The highest BCUT2D eigenvalue weighted by Gasteiger charge is 2.51. The Morgan fingerprint density at radius 2 is 1.70 bits per heavy atom. The molecule has 44 heavy (non-hydrogen) atoms. The Kier molecular flexibility index (Phi) is 9.33. The first kappa shape index (κ1) is 32.7. The van der Waals surface area contributed by atoms with Crippen molar-refractivity contribution in [1.82, 2.24) is 19.9 Å². The summed E-state index contributed by atoms with van der Waals surface area (Å²) in [4.78, 5) is 1.92. The van der Waals surface area contributed by atoms with Gasteiger partial charge in [-0.05, 0) is 43.7 Å². The Bertz CT molecular complexity index is 1450. The molecule has 0 radical (unpaired) electrons. The third-order valence-corrected chi connectivity index (χ3v) is 9.73. The van der Waals surface area contributed by atoms with Crippen molar-refractivity contribution in [2.45, 2.75) is 59.7 Å². The zero-order valence-corrected chi connectivity index (χ0v) is 24.0. The molecular formula is C28H30F6N4O5S. The highest BCUT2D eigenvalue weighted by molar-refractivity contribution is 8.00. The van der Waals surface area contributed by atoms with Crippen molar-refractivity contribution in [1.29, 1.82) is 0 Å². The van der Waals surface area contributed by atoms with Crippen molar-refractivity contribution in [2.24, 2.45) is 0 Å². The first-order valence-corrected chi connectivity index (χ1v) is 14.6. The van der Waals surface area contributed by atoms with E-state index < -0.39 is 76.4 Å². The van der Waals surface area contributed by atoms with Crippen LogP contribution in [0.2, 0.25) is 0 Å². The molecule has 2 saturated heterocycles. The quantitative estimate of drug-likeness (QED) is 0.226. The fraction of sp³-hybridized carbons (Fsp3) is 0.500. The van der Waals surface area contributed by atoms with Crippen LogP contribution in [0.4, 0.5) is 26.3 Å². The van der Waals surface area contributed by atoms with E-state index in [4.69, 9.17) is 4.74 Å². The zero-order chi connectivity index (χ0) is 32.0. The molecule has 5 rings (SSSR count). The number of nitrogens with zero attached hydrogens (tertiary/aromatic N) is 4. The Balaban J connectivity index is 1.51. The summed E-state index contributed by atoms with van der Waals surface area (Å²) in [5, 5.41) is 50.6. The van der Waals surface area contributed by atoms with Gasteiger partial charge in [-0.25, -0.2) is 17.9 Å². The molecule has 3 heterocycles. The molecule has 16 heteroatoms. The largest absolute Gasteiger partial charge is 0.416 e. The molecule has 1 aromatic heterocycles. The average molecular weight is 649 g/mol. The second kappa shape index (κ2) is 12.6. The van der Waals surface area contributed by atoms with Gasteiger partial charge >= 0.3 is 6.18 Å². The van der Waals surface area contributed by atoms with Gasteiger partial charge in [0, 0.05) is 18.7 Å². The van der Waals surface area contributed by atoms with Crippen molar-refractivity contribution in [3.63, 3.8) is 0 Å². The van der Waals surface area contributed by atoms with Crippen LogP contribution in [-0.2, 0) is 10.9 Å². The Morgan fingerprint density at radius 3 is 2.32 bits per heavy atom. The number of likely N-dealkylation sites (tertiary alicyclic amines) is 1. The van der Waals surface area contributed by atoms with Crippen molar-refractivity contribution < 1.29 is 51.5 Å². The fourth-order valence-electron chi connectivity index (χ4n) is 5.63. The standard InChI is InChI=1S/C28H30F6N4O5S/c1-37-8-6-27(42,7-9-37)25(15-4-2-3-5-16(15)28(32,33)34)44-26-24(41)22(23(40)20(13-39)43-26)38-12-19(35-36-38)14-10-17(29)21(31)18(30)11-14/h2-5,10-12,20,22-26,39-42H,6-9,13H2,1H3/t20-,22+,23+,24-,25-,26+/m1/s1. The van der Waals surface area contributed by atoms with Gasteiger partial charge in [0.05, 0.1) is 29.2 Å². The van der Waals surface area contributed by atoms with Crippen LogP contribution in [0.15, 0.2) is 42.6 Å². The number of alkyl halides is 3. The Morgan fingerprint density at radius 1 is 1.07 bits per heavy atom. The van der Waals surface area contributed by atoms with Crippen LogP contribution < -0.4 is 0 Å². The molecule has 9 nitrogen and oxygen atoms in total. The highest BCUT2D eigenvalue weighted by atomic mass is 32.2. The number of aliphatic hydroxyl groups is 4. The van der Waals surface area contributed by atoms with Crippen LogP contribution in [0.5, 0.6) is 0 Å². The molecule has 2 fully saturated rings. The van der Waals surface area contributed by atoms with Crippen LogP contribution in [0.1, 0.15) is 35.3 Å². The predicted octanol–water partition coefficient (Wildman–Crippen LogP) is 3.29. The summed E-state index contributed by atoms with van der Waals surface area (Å²) in [5.41, 5.74) is -4.58. The van der Waals surface area contributed by atoms with Crippen molar-refractivity contribution in [3.05, 3.63) is 71.2 Å². The molecule has 2 aromatic carbocycles. The number of halogens is 6. The molecule has 6 atom stereocenters. The van der Waals surface area contributed by atoms with E-state index in [9.17, 15) is 46.8 Å². The van der Waals surface area contributed by atoms with Crippen LogP contribution in [-0.4, -0.2) is 96.4 Å². The van der Waals surface area contributed by atoms with Gasteiger partial charge in [0.1, 0.15) is 35.5 Å². The van der Waals surface area contributed by atoms with E-state index in [1.165, 1.54) is 18.2 Å². The van der Waals surface area contributed by atoms with Crippen LogP contribution in [0.3, 0.4) is 0 Å². The van der Waals surface area contributed by atoms with E-state index in [-0.39, 0.29) is 29.7 Å². The van der Waals surface area contributed by atoms with Gasteiger partial charge in [0.15, 0.2) is 17.5 Å². The van der Waals surface area contributed by atoms with Crippen LogP contribution in [0, 0.1) is 17.5 Å². The molecule has 0 spiro atoms. The van der Waals surface area contributed by atoms with Crippen molar-refractivity contribution >= 4 is 11.8 Å². The monoisotopic (exact) mass is 648 g/mol. The average Bonchev–Trinajstić information content (AvgIpc) is 3.46. The number of hydrogen-bond donors (Lipinski definition) is 4. The Labute approximate surface area is 252 Å². The topological polar surface area (TPSA) is 124 Å². The summed E-state index contributed by atoms with van der Waals surface area (Å²) in [6.07, 6.45) is -8.05. The molecular weight excluding hydrogens is 618 g/mol. The highest BCUT2D eigenvalue weighted by Crippen LogP contribution is 2.51. The number of aliphatic hydroxyl groups excluding tert-OH is 3. The van der Waals surface area contributed by atoms with Gasteiger partial charge in [-0.1, -0.05) is 23.4 Å². The van der Waals surface area contributed by atoms with E-state index in [0.29, 0.717) is 25.2 Å². The second-order valence-corrected chi connectivity index (χ2v) is 12.3. The number of benzene rings is 2. The lowest BCUT2D eigenvalue weighted by Crippen LogP contribution is -2.56. The maximum Gasteiger partial charge on any atom is 0.416 e. The smallest absolute Gasteiger partial charge is 0.394 e. The molecule has 0 unspecified atom stereocenters. The molecule has 3 aromatic rings. The maximum absolute atomic E-state index is 14.2. The summed E-state index contributed by atoms with van der Waals surface area (Å²) in [6.45, 7) is 0.0295. The lowest BCUT2D eigenvalue weighted by atomic mass is 9.83. The van der Waals surface area contributed by atoms with Gasteiger partial charge in [-0.3, -0.25) is 0 Å². The van der Waals surface area contributed by atoms with Gasteiger partial charge in [0.2, 0.25) is 0 Å². The number of rotatable bonds is 7. The summed E-state index contributed by atoms with van der Waals surface area (Å²) in [5.74, 6) is -4.64. The number of hydrogen-bond acceptors (Lipinski definition) is 9. The third-order valence-electron chi connectivity index (χ3n) is 8.10. The first-order chi connectivity index (χ1) is 20.7. The summed E-state index contributed by atoms with van der Waals surface area (Å²) >= 11 is 0.727. The summed E-state index contributed by atoms with van der Waals surface area (Å²) in [7, 11) is 1.82. The van der Waals surface area contributed by atoms with E-state index in [0.717, 1.165) is 28.7 Å². The van der Waals surface area contributed by atoms with Crippen molar-refractivity contribution in [2.75, 3.05) is 26.7 Å². The van der Waals surface area contributed by atoms with Crippen LogP contribution >= 0.6 is 11.8 Å². The Hall–Kier alpha value is -2.73. The van der Waals surface area contributed by atoms with Crippen LogP contribution in [0.25, 0.3) is 11.3 Å². The van der Waals surface area contributed by atoms with E-state index in [1.807, 2.05) is 11.9 Å². The molecule has 0 aliphatic carbocycles. The number of thioether (sulfide) groups is 1. The first-order valence-electron chi connectivity index (χ1n) is 13.6. The maximum atomic E-state index is 14.2. The molecule has 2 aliphatic rings. The van der Waals surface area contributed by atoms with E-state index >= 15 is 0 Å². The minimum absolute atomic E-state index is 0.114. The fourth-order valence-corrected chi connectivity index (χ4v) is 7.26. The lowest BCUT2D eigenvalue weighted by molar-refractivity contribution is -0.179.